The molecule has 1 aliphatic carbocycles. The third kappa shape index (κ3) is 5.46. The molecule has 1 atom stereocenters. The molecule has 4 heteroatoms. The van der Waals surface area contributed by atoms with E-state index in [0.717, 1.165) is 45.1 Å². The number of carbonyl (C=O) groups excluding carboxylic acids is 1. The molecule has 0 aromatic heterocycles. The maximum Gasteiger partial charge on any atom is 0.223 e. The third-order valence-corrected chi connectivity index (χ3v) is 6.04. The zero-order chi connectivity index (χ0) is 15.9. The van der Waals surface area contributed by atoms with Gasteiger partial charge in [-0.3, -0.25) is 4.79 Å². The van der Waals surface area contributed by atoms with Crippen LogP contribution in [0.15, 0.2) is 0 Å². The molecule has 0 bridgehead atoms. The van der Waals surface area contributed by atoms with Crippen LogP contribution in [0.3, 0.4) is 0 Å². The largest absolute Gasteiger partial charge is 0.381 e. The van der Waals surface area contributed by atoms with E-state index in [4.69, 9.17) is 4.74 Å². The Balaban J connectivity index is 1.33. The van der Waals surface area contributed by atoms with Crippen molar-refractivity contribution in [1.82, 2.24) is 10.2 Å². The maximum atomic E-state index is 12.5. The quantitative estimate of drug-likeness (QED) is 0.791. The number of hydrogen-bond donors (Lipinski definition) is 1. The van der Waals surface area contributed by atoms with Gasteiger partial charge in [0.1, 0.15) is 0 Å². The second-order valence-corrected chi connectivity index (χ2v) is 7.83. The Bertz CT molecular complexity index is 352. The molecule has 2 aliphatic heterocycles. The molecule has 3 aliphatic rings. The summed E-state index contributed by atoms with van der Waals surface area (Å²) >= 11 is 0. The molecular weight excluding hydrogens is 288 g/mol. The van der Waals surface area contributed by atoms with Crippen molar-refractivity contribution in [3.8, 4) is 0 Å². The average molecular weight is 322 g/mol. The molecule has 1 amide bonds. The molecule has 1 saturated carbocycles. The zero-order valence-corrected chi connectivity index (χ0v) is 14.6. The monoisotopic (exact) mass is 322 g/mol. The van der Waals surface area contributed by atoms with Crippen molar-refractivity contribution in [1.29, 1.82) is 0 Å². The number of likely N-dealkylation sites (tertiary alicyclic amines) is 1. The average Bonchev–Trinajstić information content (AvgIpc) is 2.97. The van der Waals surface area contributed by atoms with E-state index in [2.05, 4.69) is 10.2 Å². The first-order valence-corrected chi connectivity index (χ1v) is 9.92. The lowest BCUT2D eigenvalue weighted by Gasteiger charge is -2.32. The SMILES string of the molecule is O=C(NC1CCCCCC1)C1CCN(CCC2CCOC2)CC1. The van der Waals surface area contributed by atoms with E-state index in [0.29, 0.717) is 11.9 Å². The Morgan fingerprint density at radius 3 is 2.39 bits per heavy atom. The molecule has 0 spiro atoms. The highest BCUT2D eigenvalue weighted by atomic mass is 16.5. The predicted molar refractivity (Wildman–Crippen MR) is 92.3 cm³/mol. The fourth-order valence-electron chi connectivity index (χ4n) is 4.34. The summed E-state index contributed by atoms with van der Waals surface area (Å²) < 4.78 is 5.46. The molecule has 3 rings (SSSR count). The molecule has 23 heavy (non-hydrogen) atoms. The Labute approximate surface area is 141 Å². The number of nitrogens with one attached hydrogen (secondary N) is 1. The smallest absolute Gasteiger partial charge is 0.223 e. The van der Waals surface area contributed by atoms with Crippen molar-refractivity contribution >= 4 is 5.91 Å². The summed E-state index contributed by atoms with van der Waals surface area (Å²) in [4.78, 5) is 15.1. The minimum atomic E-state index is 0.254. The van der Waals surface area contributed by atoms with Gasteiger partial charge in [-0.05, 0) is 64.1 Å². The lowest BCUT2D eigenvalue weighted by molar-refractivity contribution is -0.127. The van der Waals surface area contributed by atoms with Crippen LogP contribution >= 0.6 is 0 Å². The van der Waals surface area contributed by atoms with Gasteiger partial charge in [-0.15, -0.1) is 0 Å². The van der Waals surface area contributed by atoms with Crippen LogP contribution in [-0.2, 0) is 9.53 Å². The first-order valence-electron chi connectivity index (χ1n) is 9.92. The minimum Gasteiger partial charge on any atom is -0.381 e. The molecular formula is C19H34N2O2. The van der Waals surface area contributed by atoms with Crippen LogP contribution < -0.4 is 5.32 Å². The van der Waals surface area contributed by atoms with E-state index < -0.39 is 0 Å². The van der Waals surface area contributed by atoms with Gasteiger partial charge in [0.2, 0.25) is 5.91 Å². The molecule has 0 aromatic carbocycles. The van der Waals surface area contributed by atoms with E-state index in [-0.39, 0.29) is 5.92 Å². The van der Waals surface area contributed by atoms with Crippen molar-refractivity contribution in [2.24, 2.45) is 11.8 Å². The van der Waals surface area contributed by atoms with Crippen LogP contribution in [0.25, 0.3) is 0 Å². The summed E-state index contributed by atoms with van der Waals surface area (Å²) in [5, 5.41) is 3.35. The number of nitrogens with zero attached hydrogens (tertiary/aromatic N) is 1. The van der Waals surface area contributed by atoms with Crippen molar-refractivity contribution in [2.75, 3.05) is 32.8 Å². The molecule has 132 valence electrons. The van der Waals surface area contributed by atoms with Crippen LogP contribution in [0.5, 0.6) is 0 Å². The van der Waals surface area contributed by atoms with E-state index in [1.165, 1.54) is 57.9 Å². The Morgan fingerprint density at radius 1 is 1.00 bits per heavy atom. The molecule has 1 N–H and O–H groups in total. The van der Waals surface area contributed by atoms with Crippen LogP contribution in [0.2, 0.25) is 0 Å². The minimum absolute atomic E-state index is 0.254. The van der Waals surface area contributed by atoms with Crippen molar-refractivity contribution < 1.29 is 9.53 Å². The lowest BCUT2D eigenvalue weighted by atomic mass is 9.94. The molecule has 3 fully saturated rings. The van der Waals surface area contributed by atoms with Gasteiger partial charge in [-0.2, -0.15) is 0 Å². The molecule has 2 saturated heterocycles. The van der Waals surface area contributed by atoms with Gasteiger partial charge in [0, 0.05) is 25.2 Å². The highest BCUT2D eigenvalue weighted by molar-refractivity contribution is 5.79. The molecule has 2 heterocycles. The van der Waals surface area contributed by atoms with Crippen LogP contribution in [0.1, 0.15) is 64.2 Å². The first kappa shape index (κ1) is 17.2. The molecule has 4 nitrogen and oxygen atoms in total. The third-order valence-electron chi connectivity index (χ3n) is 6.04. The normalized spacial score (nSPS) is 28.6. The Kier molecular flexibility index (Phi) is 6.76. The number of carbonyl (C=O) groups is 1. The zero-order valence-electron chi connectivity index (χ0n) is 14.6. The Hall–Kier alpha value is -0.610. The van der Waals surface area contributed by atoms with E-state index in [1.807, 2.05) is 0 Å². The summed E-state index contributed by atoms with van der Waals surface area (Å²) in [6, 6.07) is 0.449. The number of hydrogen-bond acceptors (Lipinski definition) is 3. The highest BCUT2D eigenvalue weighted by Gasteiger charge is 2.27. The summed E-state index contributed by atoms with van der Waals surface area (Å²) in [6.45, 7) is 5.28. The molecule has 0 aromatic rings. The van der Waals surface area contributed by atoms with Crippen LogP contribution in [0, 0.1) is 11.8 Å². The second-order valence-electron chi connectivity index (χ2n) is 7.83. The van der Waals surface area contributed by atoms with Crippen LogP contribution in [0.4, 0.5) is 0 Å². The maximum absolute atomic E-state index is 12.5. The van der Waals surface area contributed by atoms with Gasteiger partial charge >= 0.3 is 0 Å². The number of amides is 1. The lowest BCUT2D eigenvalue weighted by Crippen LogP contribution is -2.44. The number of ether oxygens (including phenoxy) is 1. The topological polar surface area (TPSA) is 41.6 Å². The fraction of sp³-hybridized carbons (Fsp3) is 0.947. The highest BCUT2D eigenvalue weighted by Crippen LogP contribution is 2.22. The second kappa shape index (κ2) is 9.03. The van der Waals surface area contributed by atoms with Crippen molar-refractivity contribution in [2.45, 2.75) is 70.3 Å². The summed E-state index contributed by atoms with van der Waals surface area (Å²) in [5.74, 6) is 1.36. The molecule has 1 unspecified atom stereocenters. The van der Waals surface area contributed by atoms with Gasteiger partial charge in [-0.25, -0.2) is 0 Å². The van der Waals surface area contributed by atoms with Gasteiger partial charge in [0.05, 0.1) is 0 Å². The Morgan fingerprint density at radius 2 is 1.74 bits per heavy atom. The van der Waals surface area contributed by atoms with E-state index in [9.17, 15) is 4.79 Å². The molecule has 0 radical (unpaired) electrons. The number of piperidine rings is 1. The first-order chi connectivity index (χ1) is 11.3. The van der Waals surface area contributed by atoms with Gasteiger partial charge in [0.25, 0.3) is 0 Å². The van der Waals surface area contributed by atoms with Gasteiger partial charge < -0.3 is 15.0 Å². The van der Waals surface area contributed by atoms with E-state index >= 15 is 0 Å². The standard InChI is InChI=1S/C19H34N2O2/c22-19(20-18-5-3-1-2-4-6-18)17-8-12-21(13-9-17)11-7-16-10-14-23-15-16/h16-18H,1-15H2,(H,20,22). The number of rotatable bonds is 5. The summed E-state index contributed by atoms with van der Waals surface area (Å²) in [5.41, 5.74) is 0. The van der Waals surface area contributed by atoms with Gasteiger partial charge in [0.15, 0.2) is 0 Å². The predicted octanol–water partition coefficient (Wildman–Crippen LogP) is 2.96. The van der Waals surface area contributed by atoms with Crippen molar-refractivity contribution in [3.05, 3.63) is 0 Å². The van der Waals surface area contributed by atoms with Crippen molar-refractivity contribution in [3.63, 3.8) is 0 Å². The summed E-state index contributed by atoms with van der Waals surface area (Å²) in [6.07, 6.45) is 12.2. The van der Waals surface area contributed by atoms with Gasteiger partial charge in [-0.1, -0.05) is 25.7 Å². The van der Waals surface area contributed by atoms with Crippen LogP contribution in [-0.4, -0.2) is 49.7 Å². The van der Waals surface area contributed by atoms with E-state index in [1.54, 1.807) is 0 Å². The fourth-order valence-corrected chi connectivity index (χ4v) is 4.34. The summed E-state index contributed by atoms with van der Waals surface area (Å²) in [7, 11) is 0.